The zero-order valence-corrected chi connectivity index (χ0v) is 12.4. The van der Waals surface area contributed by atoms with Gasteiger partial charge in [-0.2, -0.15) is 0 Å². The fourth-order valence-corrected chi connectivity index (χ4v) is 4.43. The molecule has 0 spiro atoms. The summed E-state index contributed by atoms with van der Waals surface area (Å²) in [6, 6.07) is 10.2. The third-order valence-corrected chi connectivity index (χ3v) is 5.64. The molecule has 4 rings (SSSR count). The van der Waals surface area contributed by atoms with Crippen LogP contribution in [0.5, 0.6) is 5.75 Å². The van der Waals surface area contributed by atoms with Gasteiger partial charge in [-0.15, -0.1) is 0 Å². The molecule has 2 aliphatic carbocycles. The molecular weight excluding hydrogens is 256 g/mol. The van der Waals surface area contributed by atoms with Gasteiger partial charge in [0.05, 0.1) is 0 Å². The van der Waals surface area contributed by atoms with E-state index in [9.17, 15) is 5.11 Å². The van der Waals surface area contributed by atoms with Crippen molar-refractivity contribution in [3.63, 3.8) is 0 Å². The van der Waals surface area contributed by atoms with E-state index < -0.39 is 0 Å². The van der Waals surface area contributed by atoms with Crippen molar-refractivity contribution in [1.29, 1.82) is 0 Å². The van der Waals surface area contributed by atoms with Gasteiger partial charge in [0.25, 0.3) is 0 Å². The van der Waals surface area contributed by atoms with Gasteiger partial charge in [-0.25, -0.2) is 0 Å². The largest absolute Gasteiger partial charge is 0.508 e. The molecule has 2 aromatic carbocycles. The SMILES string of the molecule is C=CC1=CCC2c3ccc4cc(O)ccc4c3CCC12C. The third-order valence-electron chi connectivity index (χ3n) is 5.64. The average Bonchev–Trinajstić information content (AvgIpc) is 2.83. The van der Waals surface area contributed by atoms with Gasteiger partial charge < -0.3 is 5.11 Å². The Labute approximate surface area is 125 Å². The van der Waals surface area contributed by atoms with Crippen molar-refractivity contribution >= 4 is 10.8 Å². The van der Waals surface area contributed by atoms with Crippen LogP contribution < -0.4 is 0 Å². The Morgan fingerprint density at radius 1 is 1.29 bits per heavy atom. The summed E-state index contributed by atoms with van der Waals surface area (Å²) >= 11 is 0. The number of aryl methyl sites for hydroxylation is 1. The summed E-state index contributed by atoms with van der Waals surface area (Å²) < 4.78 is 0. The van der Waals surface area contributed by atoms with Crippen molar-refractivity contribution in [3.05, 3.63) is 65.8 Å². The van der Waals surface area contributed by atoms with Crippen LogP contribution in [0.2, 0.25) is 0 Å². The van der Waals surface area contributed by atoms with Crippen LogP contribution in [0.4, 0.5) is 0 Å². The maximum Gasteiger partial charge on any atom is 0.116 e. The highest BCUT2D eigenvalue weighted by atomic mass is 16.3. The number of allylic oxidation sites excluding steroid dienone is 3. The summed E-state index contributed by atoms with van der Waals surface area (Å²) in [5, 5.41) is 12.1. The first-order valence-electron chi connectivity index (χ1n) is 7.71. The van der Waals surface area contributed by atoms with Gasteiger partial charge in [-0.3, -0.25) is 0 Å². The number of benzene rings is 2. The van der Waals surface area contributed by atoms with E-state index in [4.69, 9.17) is 0 Å². The average molecular weight is 276 g/mol. The fourth-order valence-electron chi connectivity index (χ4n) is 4.43. The Hall–Kier alpha value is -2.02. The van der Waals surface area contributed by atoms with Gasteiger partial charge in [0.1, 0.15) is 5.75 Å². The summed E-state index contributed by atoms with van der Waals surface area (Å²) in [6.45, 7) is 6.39. The van der Waals surface area contributed by atoms with E-state index in [0.29, 0.717) is 11.7 Å². The molecule has 0 bridgehead atoms. The molecule has 0 heterocycles. The van der Waals surface area contributed by atoms with Crippen LogP contribution in [0.15, 0.2) is 54.6 Å². The molecule has 0 radical (unpaired) electrons. The molecule has 2 aromatic rings. The Bertz CT molecular complexity index is 784. The van der Waals surface area contributed by atoms with Gasteiger partial charge in [-0.05, 0) is 70.2 Å². The number of fused-ring (bicyclic) bond motifs is 5. The molecule has 0 amide bonds. The van der Waals surface area contributed by atoms with E-state index in [1.807, 2.05) is 12.1 Å². The summed E-state index contributed by atoms with van der Waals surface area (Å²) in [7, 11) is 0. The van der Waals surface area contributed by atoms with Crippen LogP contribution in [0, 0.1) is 5.41 Å². The van der Waals surface area contributed by atoms with E-state index in [0.717, 1.165) is 18.2 Å². The summed E-state index contributed by atoms with van der Waals surface area (Å²) in [5.41, 5.74) is 4.65. The molecular formula is C20H20O. The second-order valence-electron chi connectivity index (χ2n) is 6.61. The normalized spacial score (nSPS) is 27.1. The monoisotopic (exact) mass is 276 g/mol. The van der Waals surface area contributed by atoms with Crippen molar-refractivity contribution in [1.82, 2.24) is 0 Å². The van der Waals surface area contributed by atoms with Crippen molar-refractivity contribution in [2.24, 2.45) is 5.41 Å². The molecule has 0 saturated carbocycles. The Kier molecular flexibility index (Phi) is 2.56. The van der Waals surface area contributed by atoms with Crippen molar-refractivity contribution in [3.8, 4) is 5.75 Å². The van der Waals surface area contributed by atoms with E-state index in [1.54, 1.807) is 6.07 Å². The first-order chi connectivity index (χ1) is 10.1. The van der Waals surface area contributed by atoms with Crippen LogP contribution in [-0.4, -0.2) is 5.11 Å². The number of phenols is 1. The standard InChI is InChI=1S/C20H20O/c1-3-14-5-9-19-18-7-4-13-12-15(21)6-8-16(13)17(18)10-11-20(14,19)2/h3-8,12,19,21H,1,9-11H2,2H3. The summed E-state index contributed by atoms with van der Waals surface area (Å²) in [6.07, 6.45) is 7.82. The second-order valence-corrected chi connectivity index (χ2v) is 6.61. The van der Waals surface area contributed by atoms with Gasteiger partial charge in [0, 0.05) is 0 Å². The zero-order valence-electron chi connectivity index (χ0n) is 12.4. The van der Waals surface area contributed by atoms with Crippen LogP contribution in [-0.2, 0) is 6.42 Å². The molecule has 0 aliphatic heterocycles. The van der Waals surface area contributed by atoms with E-state index in [1.165, 1.54) is 28.5 Å². The lowest BCUT2D eigenvalue weighted by atomic mass is 9.63. The lowest BCUT2D eigenvalue weighted by Crippen LogP contribution is -2.29. The summed E-state index contributed by atoms with van der Waals surface area (Å²) in [5.74, 6) is 0.923. The molecule has 2 atom stereocenters. The molecule has 1 N–H and O–H groups in total. The van der Waals surface area contributed by atoms with E-state index in [-0.39, 0.29) is 5.41 Å². The van der Waals surface area contributed by atoms with Gasteiger partial charge in [0.2, 0.25) is 0 Å². The molecule has 106 valence electrons. The first-order valence-corrected chi connectivity index (χ1v) is 7.71. The van der Waals surface area contributed by atoms with Crippen LogP contribution >= 0.6 is 0 Å². The first kappa shape index (κ1) is 12.7. The van der Waals surface area contributed by atoms with Gasteiger partial charge in [-0.1, -0.05) is 43.9 Å². The molecule has 1 heteroatoms. The van der Waals surface area contributed by atoms with E-state index in [2.05, 4.69) is 37.8 Å². The highest BCUT2D eigenvalue weighted by Gasteiger charge is 2.44. The number of rotatable bonds is 1. The topological polar surface area (TPSA) is 20.2 Å². The predicted octanol–water partition coefficient (Wildman–Crippen LogP) is 5.10. The van der Waals surface area contributed by atoms with Crippen molar-refractivity contribution in [2.45, 2.75) is 32.1 Å². The minimum atomic E-state index is 0.249. The number of phenolic OH excluding ortho intramolecular Hbond substituents is 1. The smallest absolute Gasteiger partial charge is 0.116 e. The van der Waals surface area contributed by atoms with Crippen LogP contribution in [0.3, 0.4) is 0 Å². The fraction of sp³-hybridized carbons (Fsp3) is 0.300. The maximum absolute atomic E-state index is 9.67. The van der Waals surface area contributed by atoms with Crippen LogP contribution in [0.1, 0.15) is 36.8 Å². The minimum Gasteiger partial charge on any atom is -0.508 e. The maximum atomic E-state index is 9.67. The molecule has 0 fully saturated rings. The Morgan fingerprint density at radius 3 is 2.95 bits per heavy atom. The predicted molar refractivity (Wildman–Crippen MR) is 87.7 cm³/mol. The molecule has 21 heavy (non-hydrogen) atoms. The van der Waals surface area contributed by atoms with Crippen molar-refractivity contribution in [2.75, 3.05) is 0 Å². The molecule has 1 nitrogen and oxygen atoms in total. The molecule has 0 saturated heterocycles. The highest BCUT2D eigenvalue weighted by molar-refractivity contribution is 5.88. The molecule has 2 aliphatic rings. The number of aromatic hydroxyl groups is 1. The lowest BCUT2D eigenvalue weighted by Gasteiger charge is -2.40. The quantitative estimate of drug-likeness (QED) is 0.768. The molecule has 2 unspecified atom stereocenters. The van der Waals surface area contributed by atoms with Crippen LogP contribution in [0.25, 0.3) is 10.8 Å². The highest BCUT2D eigenvalue weighted by Crippen LogP contribution is 2.56. The minimum absolute atomic E-state index is 0.249. The zero-order chi connectivity index (χ0) is 14.6. The number of hydrogen-bond donors (Lipinski definition) is 1. The number of hydrogen-bond acceptors (Lipinski definition) is 1. The molecule has 0 aromatic heterocycles. The lowest BCUT2D eigenvalue weighted by molar-refractivity contribution is 0.299. The third kappa shape index (κ3) is 1.64. The Morgan fingerprint density at radius 2 is 2.14 bits per heavy atom. The summed E-state index contributed by atoms with van der Waals surface area (Å²) in [4.78, 5) is 0. The van der Waals surface area contributed by atoms with Gasteiger partial charge >= 0.3 is 0 Å². The van der Waals surface area contributed by atoms with Crippen molar-refractivity contribution < 1.29 is 5.11 Å². The van der Waals surface area contributed by atoms with E-state index >= 15 is 0 Å². The second kappa shape index (κ2) is 4.24. The Balaban J connectivity index is 1.91. The van der Waals surface area contributed by atoms with Gasteiger partial charge in [0.15, 0.2) is 0 Å².